The number of aliphatic hydroxyl groups excluding tert-OH is 1. The molecular formula is C11H12N2O3. The Morgan fingerprint density at radius 3 is 2.69 bits per heavy atom. The summed E-state index contributed by atoms with van der Waals surface area (Å²) in [6.07, 6.45) is 0.402. The average molecular weight is 220 g/mol. The van der Waals surface area contributed by atoms with Gasteiger partial charge in [0, 0.05) is 12.0 Å². The Kier molecular flexibility index (Phi) is 3.16. The first kappa shape index (κ1) is 10.6. The van der Waals surface area contributed by atoms with Crippen LogP contribution in [0.3, 0.4) is 0 Å². The highest BCUT2D eigenvalue weighted by Gasteiger charge is 2.07. The third-order valence-corrected chi connectivity index (χ3v) is 2.14. The molecule has 0 saturated carbocycles. The molecule has 0 unspecified atom stereocenters. The first-order valence-electron chi connectivity index (χ1n) is 4.91. The highest BCUT2D eigenvalue weighted by atomic mass is 16.5. The van der Waals surface area contributed by atoms with Crippen LogP contribution >= 0.6 is 0 Å². The van der Waals surface area contributed by atoms with Crippen molar-refractivity contribution < 1.29 is 14.4 Å². The lowest BCUT2D eigenvalue weighted by Gasteiger charge is -1.98. The van der Waals surface area contributed by atoms with Gasteiger partial charge >= 0.3 is 0 Å². The van der Waals surface area contributed by atoms with E-state index in [9.17, 15) is 0 Å². The van der Waals surface area contributed by atoms with Crippen LogP contribution in [-0.2, 0) is 6.42 Å². The molecule has 0 atom stereocenters. The Morgan fingerprint density at radius 1 is 1.31 bits per heavy atom. The van der Waals surface area contributed by atoms with Crippen molar-refractivity contribution >= 4 is 0 Å². The second-order valence-corrected chi connectivity index (χ2v) is 3.22. The van der Waals surface area contributed by atoms with Crippen molar-refractivity contribution in [2.75, 3.05) is 13.7 Å². The van der Waals surface area contributed by atoms with Crippen LogP contribution in [0.2, 0.25) is 0 Å². The SMILES string of the molecule is COc1ccc(-c2nc(CCO)no2)cc1. The fourth-order valence-electron chi connectivity index (χ4n) is 1.31. The minimum atomic E-state index is 0.0155. The topological polar surface area (TPSA) is 68.4 Å². The van der Waals surface area contributed by atoms with Gasteiger partial charge in [-0.25, -0.2) is 0 Å². The van der Waals surface area contributed by atoms with E-state index in [0.29, 0.717) is 18.1 Å². The molecule has 16 heavy (non-hydrogen) atoms. The zero-order valence-electron chi connectivity index (χ0n) is 8.88. The Hall–Kier alpha value is -1.88. The molecule has 0 aliphatic rings. The van der Waals surface area contributed by atoms with E-state index >= 15 is 0 Å². The highest BCUT2D eigenvalue weighted by Crippen LogP contribution is 2.20. The van der Waals surface area contributed by atoms with Crippen molar-refractivity contribution in [3.63, 3.8) is 0 Å². The van der Waals surface area contributed by atoms with Gasteiger partial charge in [-0.1, -0.05) is 5.16 Å². The van der Waals surface area contributed by atoms with Crippen LogP contribution in [0.15, 0.2) is 28.8 Å². The van der Waals surface area contributed by atoms with Crippen molar-refractivity contribution in [1.29, 1.82) is 0 Å². The predicted molar refractivity (Wildman–Crippen MR) is 57.1 cm³/mol. The van der Waals surface area contributed by atoms with E-state index in [2.05, 4.69) is 10.1 Å². The number of ether oxygens (including phenoxy) is 1. The van der Waals surface area contributed by atoms with Crippen molar-refractivity contribution in [3.8, 4) is 17.2 Å². The second-order valence-electron chi connectivity index (χ2n) is 3.22. The lowest BCUT2D eigenvalue weighted by Crippen LogP contribution is -1.92. The van der Waals surface area contributed by atoms with Gasteiger partial charge < -0.3 is 14.4 Å². The average Bonchev–Trinajstić information content (AvgIpc) is 2.78. The molecule has 0 saturated heterocycles. The van der Waals surface area contributed by atoms with Gasteiger partial charge in [0.05, 0.1) is 13.7 Å². The Labute approximate surface area is 92.7 Å². The Balaban J connectivity index is 2.21. The summed E-state index contributed by atoms with van der Waals surface area (Å²) in [4.78, 5) is 4.15. The molecular weight excluding hydrogens is 208 g/mol. The number of rotatable bonds is 4. The minimum absolute atomic E-state index is 0.0155. The number of hydrogen-bond acceptors (Lipinski definition) is 5. The smallest absolute Gasteiger partial charge is 0.257 e. The summed E-state index contributed by atoms with van der Waals surface area (Å²) < 4.78 is 10.1. The Bertz CT molecular complexity index is 451. The van der Waals surface area contributed by atoms with E-state index in [1.165, 1.54) is 0 Å². The molecule has 2 rings (SSSR count). The van der Waals surface area contributed by atoms with E-state index in [1.807, 2.05) is 24.3 Å². The number of aliphatic hydroxyl groups is 1. The molecule has 1 N–H and O–H groups in total. The molecule has 0 bridgehead atoms. The molecule has 1 heterocycles. The largest absolute Gasteiger partial charge is 0.497 e. The normalized spacial score (nSPS) is 10.4. The lowest BCUT2D eigenvalue weighted by atomic mass is 10.2. The quantitative estimate of drug-likeness (QED) is 0.840. The van der Waals surface area contributed by atoms with E-state index in [4.69, 9.17) is 14.4 Å². The van der Waals surface area contributed by atoms with Crippen LogP contribution in [0.1, 0.15) is 5.82 Å². The van der Waals surface area contributed by atoms with Gasteiger partial charge in [0.15, 0.2) is 5.82 Å². The van der Waals surface area contributed by atoms with Crippen LogP contribution in [0, 0.1) is 0 Å². The van der Waals surface area contributed by atoms with Crippen molar-refractivity contribution in [1.82, 2.24) is 10.1 Å². The summed E-state index contributed by atoms with van der Waals surface area (Å²) in [5.41, 5.74) is 0.831. The van der Waals surface area contributed by atoms with Crippen molar-refractivity contribution in [2.24, 2.45) is 0 Å². The first-order valence-corrected chi connectivity index (χ1v) is 4.91. The maximum absolute atomic E-state index is 8.73. The fraction of sp³-hybridized carbons (Fsp3) is 0.273. The molecule has 0 radical (unpaired) electrons. The number of hydrogen-bond donors (Lipinski definition) is 1. The summed E-state index contributed by atoms with van der Waals surface area (Å²) in [7, 11) is 1.61. The molecule has 0 aliphatic carbocycles. The van der Waals surface area contributed by atoms with E-state index < -0.39 is 0 Å². The van der Waals surface area contributed by atoms with Gasteiger partial charge in [-0.05, 0) is 24.3 Å². The molecule has 5 heteroatoms. The first-order chi connectivity index (χ1) is 7.83. The van der Waals surface area contributed by atoms with Crippen LogP contribution in [-0.4, -0.2) is 29.0 Å². The van der Waals surface area contributed by atoms with Gasteiger partial charge in [0.2, 0.25) is 0 Å². The monoisotopic (exact) mass is 220 g/mol. The van der Waals surface area contributed by atoms with Crippen LogP contribution in [0.25, 0.3) is 11.5 Å². The zero-order valence-corrected chi connectivity index (χ0v) is 8.88. The molecule has 84 valence electrons. The Morgan fingerprint density at radius 2 is 2.06 bits per heavy atom. The number of nitrogens with zero attached hydrogens (tertiary/aromatic N) is 2. The second kappa shape index (κ2) is 4.76. The fourth-order valence-corrected chi connectivity index (χ4v) is 1.31. The third kappa shape index (κ3) is 2.20. The third-order valence-electron chi connectivity index (χ3n) is 2.14. The predicted octanol–water partition coefficient (Wildman–Crippen LogP) is 1.28. The van der Waals surface area contributed by atoms with Gasteiger partial charge in [-0.2, -0.15) is 4.98 Å². The highest BCUT2D eigenvalue weighted by molar-refractivity contribution is 5.54. The van der Waals surface area contributed by atoms with E-state index in [-0.39, 0.29) is 6.61 Å². The summed E-state index contributed by atoms with van der Waals surface area (Å²) in [6, 6.07) is 7.33. The van der Waals surface area contributed by atoms with Gasteiger partial charge in [0.25, 0.3) is 5.89 Å². The van der Waals surface area contributed by atoms with Gasteiger partial charge in [-0.3, -0.25) is 0 Å². The molecule has 0 aliphatic heterocycles. The molecule has 1 aromatic carbocycles. The number of benzene rings is 1. The van der Waals surface area contributed by atoms with E-state index in [1.54, 1.807) is 7.11 Å². The maximum Gasteiger partial charge on any atom is 0.257 e. The lowest BCUT2D eigenvalue weighted by molar-refractivity contribution is 0.293. The number of aromatic nitrogens is 2. The summed E-state index contributed by atoms with van der Waals surface area (Å²) in [5, 5.41) is 12.5. The van der Waals surface area contributed by atoms with Crippen LogP contribution in [0.4, 0.5) is 0 Å². The molecule has 5 nitrogen and oxygen atoms in total. The van der Waals surface area contributed by atoms with Crippen molar-refractivity contribution in [2.45, 2.75) is 6.42 Å². The molecule has 2 aromatic rings. The summed E-state index contributed by atoms with van der Waals surface area (Å²) in [5.74, 6) is 1.73. The molecule has 0 spiro atoms. The summed E-state index contributed by atoms with van der Waals surface area (Å²) >= 11 is 0. The van der Waals surface area contributed by atoms with E-state index in [0.717, 1.165) is 11.3 Å². The molecule has 0 fully saturated rings. The standard InChI is InChI=1S/C11H12N2O3/c1-15-9-4-2-8(3-5-9)11-12-10(6-7-14)13-16-11/h2-5,14H,6-7H2,1H3. The molecule has 0 amide bonds. The zero-order chi connectivity index (χ0) is 11.4. The summed E-state index contributed by atoms with van der Waals surface area (Å²) in [6.45, 7) is 0.0155. The number of methoxy groups -OCH3 is 1. The van der Waals surface area contributed by atoms with Crippen LogP contribution < -0.4 is 4.74 Å². The van der Waals surface area contributed by atoms with Gasteiger partial charge in [0.1, 0.15) is 5.75 Å². The minimum Gasteiger partial charge on any atom is -0.497 e. The van der Waals surface area contributed by atoms with Crippen molar-refractivity contribution in [3.05, 3.63) is 30.1 Å². The maximum atomic E-state index is 8.73. The van der Waals surface area contributed by atoms with Crippen LogP contribution in [0.5, 0.6) is 5.75 Å². The molecule has 1 aromatic heterocycles. The van der Waals surface area contributed by atoms with Gasteiger partial charge in [-0.15, -0.1) is 0 Å².